The molecule has 0 aliphatic heterocycles. The summed E-state index contributed by atoms with van der Waals surface area (Å²) in [7, 11) is 0. The maximum absolute atomic E-state index is 11.5. The van der Waals surface area contributed by atoms with Gasteiger partial charge < -0.3 is 10.6 Å². The van der Waals surface area contributed by atoms with Gasteiger partial charge in [0.05, 0.1) is 0 Å². The van der Waals surface area contributed by atoms with E-state index in [0.29, 0.717) is 12.6 Å². The summed E-state index contributed by atoms with van der Waals surface area (Å²) >= 11 is 2.01. The Bertz CT molecular complexity index is 231. The Labute approximate surface area is 102 Å². The molecule has 2 atom stereocenters. The van der Waals surface area contributed by atoms with Crippen molar-refractivity contribution >= 4 is 17.8 Å². The highest BCUT2D eigenvalue weighted by molar-refractivity contribution is 7.99. The van der Waals surface area contributed by atoms with Crippen LogP contribution in [-0.2, 0) is 0 Å². The second-order valence-corrected chi connectivity index (χ2v) is 5.66. The summed E-state index contributed by atoms with van der Waals surface area (Å²) < 4.78 is 0. The second-order valence-electron chi connectivity index (χ2n) is 4.08. The molecule has 0 aromatic carbocycles. The SMILES string of the molecule is C=CCNC(=O)NC1CCCC(SCC)C1. The number of urea groups is 1. The van der Waals surface area contributed by atoms with Crippen molar-refractivity contribution in [2.45, 2.75) is 43.9 Å². The first kappa shape index (κ1) is 13.4. The third-order valence-electron chi connectivity index (χ3n) is 2.77. The zero-order chi connectivity index (χ0) is 11.8. The van der Waals surface area contributed by atoms with Gasteiger partial charge in [0.1, 0.15) is 0 Å². The predicted octanol–water partition coefficient (Wildman–Crippen LogP) is 2.54. The molecule has 0 heterocycles. The predicted molar refractivity (Wildman–Crippen MR) is 70.9 cm³/mol. The summed E-state index contributed by atoms with van der Waals surface area (Å²) in [5.74, 6) is 1.17. The van der Waals surface area contributed by atoms with E-state index in [1.807, 2.05) is 11.8 Å². The van der Waals surface area contributed by atoms with Crippen molar-refractivity contribution in [3.05, 3.63) is 12.7 Å². The molecule has 2 amide bonds. The number of hydrogen-bond acceptors (Lipinski definition) is 2. The smallest absolute Gasteiger partial charge is 0.315 e. The minimum atomic E-state index is -0.0629. The molecule has 1 aliphatic rings. The van der Waals surface area contributed by atoms with Crippen LogP contribution in [0.4, 0.5) is 4.79 Å². The van der Waals surface area contributed by atoms with Gasteiger partial charge in [-0.3, -0.25) is 0 Å². The van der Waals surface area contributed by atoms with Crippen molar-refractivity contribution in [2.75, 3.05) is 12.3 Å². The molecule has 1 fully saturated rings. The fourth-order valence-electron chi connectivity index (χ4n) is 2.06. The van der Waals surface area contributed by atoms with Gasteiger partial charge in [0.25, 0.3) is 0 Å². The average molecular weight is 242 g/mol. The first-order valence-corrected chi connectivity index (χ1v) is 7.08. The van der Waals surface area contributed by atoms with Crippen LogP contribution in [0.2, 0.25) is 0 Å². The minimum absolute atomic E-state index is 0.0629. The van der Waals surface area contributed by atoms with Gasteiger partial charge in [-0.05, 0) is 25.0 Å². The Morgan fingerprint density at radius 3 is 3.06 bits per heavy atom. The lowest BCUT2D eigenvalue weighted by atomic mass is 9.95. The molecule has 0 saturated heterocycles. The zero-order valence-corrected chi connectivity index (χ0v) is 10.8. The van der Waals surface area contributed by atoms with Crippen LogP contribution in [0.3, 0.4) is 0 Å². The number of rotatable bonds is 5. The van der Waals surface area contributed by atoms with Crippen molar-refractivity contribution in [3.63, 3.8) is 0 Å². The van der Waals surface area contributed by atoms with Gasteiger partial charge in [-0.15, -0.1) is 6.58 Å². The molecule has 92 valence electrons. The van der Waals surface area contributed by atoms with Crippen LogP contribution in [0, 0.1) is 0 Å². The summed E-state index contributed by atoms with van der Waals surface area (Å²) in [6, 6.07) is 0.287. The lowest BCUT2D eigenvalue weighted by Crippen LogP contribution is -2.44. The highest BCUT2D eigenvalue weighted by atomic mass is 32.2. The quantitative estimate of drug-likeness (QED) is 0.727. The summed E-state index contributed by atoms with van der Waals surface area (Å²) in [5.41, 5.74) is 0. The Kier molecular flexibility index (Phi) is 6.38. The highest BCUT2D eigenvalue weighted by Gasteiger charge is 2.22. The molecule has 0 spiro atoms. The summed E-state index contributed by atoms with van der Waals surface area (Å²) in [6.45, 7) is 6.30. The van der Waals surface area contributed by atoms with E-state index >= 15 is 0 Å². The fraction of sp³-hybridized carbons (Fsp3) is 0.750. The molecule has 1 saturated carbocycles. The molecule has 2 N–H and O–H groups in total. The third kappa shape index (κ3) is 4.92. The lowest BCUT2D eigenvalue weighted by Gasteiger charge is -2.29. The molecule has 0 aromatic rings. The van der Waals surface area contributed by atoms with Crippen molar-refractivity contribution < 1.29 is 4.79 Å². The van der Waals surface area contributed by atoms with Crippen LogP contribution in [-0.4, -0.2) is 29.6 Å². The fourth-order valence-corrected chi connectivity index (χ4v) is 3.24. The van der Waals surface area contributed by atoms with Crippen molar-refractivity contribution in [1.29, 1.82) is 0 Å². The topological polar surface area (TPSA) is 41.1 Å². The molecule has 0 aromatic heterocycles. The Morgan fingerprint density at radius 2 is 2.38 bits per heavy atom. The van der Waals surface area contributed by atoms with Crippen molar-refractivity contribution in [1.82, 2.24) is 10.6 Å². The van der Waals surface area contributed by atoms with E-state index < -0.39 is 0 Å². The molecule has 0 bridgehead atoms. The van der Waals surface area contributed by atoms with Crippen LogP contribution in [0.15, 0.2) is 12.7 Å². The molecule has 16 heavy (non-hydrogen) atoms. The Hall–Kier alpha value is -0.640. The van der Waals surface area contributed by atoms with E-state index in [9.17, 15) is 4.79 Å². The summed E-state index contributed by atoms with van der Waals surface area (Å²) in [6.07, 6.45) is 6.44. The Morgan fingerprint density at radius 1 is 1.56 bits per heavy atom. The number of thioether (sulfide) groups is 1. The zero-order valence-electron chi connectivity index (χ0n) is 10.00. The van der Waals surface area contributed by atoms with Crippen LogP contribution >= 0.6 is 11.8 Å². The summed E-state index contributed by atoms with van der Waals surface area (Å²) in [5, 5.41) is 6.51. The van der Waals surface area contributed by atoms with Gasteiger partial charge in [-0.1, -0.05) is 19.4 Å². The Balaban J connectivity index is 2.25. The van der Waals surface area contributed by atoms with E-state index in [0.717, 1.165) is 18.1 Å². The van der Waals surface area contributed by atoms with E-state index in [4.69, 9.17) is 0 Å². The van der Waals surface area contributed by atoms with E-state index in [-0.39, 0.29) is 6.03 Å². The lowest BCUT2D eigenvalue weighted by molar-refractivity contribution is 0.234. The second kappa shape index (κ2) is 7.60. The van der Waals surface area contributed by atoms with Gasteiger partial charge in [0.2, 0.25) is 0 Å². The standard InChI is InChI=1S/C12H22N2OS/c1-3-8-13-12(15)14-10-6-5-7-11(9-10)16-4-2/h3,10-11H,1,4-9H2,2H3,(H2,13,14,15). The maximum atomic E-state index is 11.5. The van der Waals surface area contributed by atoms with Gasteiger partial charge in [-0.25, -0.2) is 4.79 Å². The molecular weight excluding hydrogens is 220 g/mol. The van der Waals surface area contributed by atoms with Crippen molar-refractivity contribution in [3.8, 4) is 0 Å². The van der Waals surface area contributed by atoms with E-state index in [1.165, 1.54) is 18.6 Å². The molecule has 2 unspecified atom stereocenters. The largest absolute Gasteiger partial charge is 0.335 e. The van der Waals surface area contributed by atoms with Gasteiger partial charge in [0, 0.05) is 17.8 Å². The number of amides is 2. The number of carbonyl (C=O) groups is 1. The first-order valence-electron chi connectivity index (χ1n) is 6.03. The molecule has 3 nitrogen and oxygen atoms in total. The first-order chi connectivity index (χ1) is 7.76. The summed E-state index contributed by atoms with van der Waals surface area (Å²) in [4.78, 5) is 11.5. The molecule has 1 rings (SSSR count). The normalized spacial score (nSPS) is 24.8. The van der Waals surface area contributed by atoms with Crippen LogP contribution in [0.5, 0.6) is 0 Å². The van der Waals surface area contributed by atoms with Crippen LogP contribution < -0.4 is 10.6 Å². The molecule has 0 radical (unpaired) electrons. The van der Waals surface area contributed by atoms with Crippen molar-refractivity contribution in [2.24, 2.45) is 0 Å². The highest BCUT2D eigenvalue weighted by Crippen LogP contribution is 2.28. The monoisotopic (exact) mass is 242 g/mol. The van der Waals surface area contributed by atoms with Gasteiger partial charge in [-0.2, -0.15) is 11.8 Å². The molecule has 4 heteroatoms. The van der Waals surface area contributed by atoms with Gasteiger partial charge >= 0.3 is 6.03 Å². The van der Waals surface area contributed by atoms with Crippen LogP contribution in [0.1, 0.15) is 32.6 Å². The minimum Gasteiger partial charge on any atom is -0.335 e. The maximum Gasteiger partial charge on any atom is 0.315 e. The van der Waals surface area contributed by atoms with E-state index in [2.05, 4.69) is 24.1 Å². The number of hydrogen-bond donors (Lipinski definition) is 2. The molecular formula is C12H22N2OS. The van der Waals surface area contributed by atoms with Gasteiger partial charge in [0.15, 0.2) is 0 Å². The van der Waals surface area contributed by atoms with E-state index in [1.54, 1.807) is 6.08 Å². The number of nitrogens with one attached hydrogen (secondary N) is 2. The average Bonchev–Trinajstić information content (AvgIpc) is 2.27. The number of carbonyl (C=O) groups excluding carboxylic acids is 1. The third-order valence-corrected chi connectivity index (χ3v) is 4.00. The molecule has 1 aliphatic carbocycles. The van der Waals surface area contributed by atoms with Crippen LogP contribution in [0.25, 0.3) is 0 Å².